The van der Waals surface area contributed by atoms with Crippen LogP contribution in [0.3, 0.4) is 0 Å². The van der Waals surface area contributed by atoms with E-state index in [0.717, 1.165) is 0 Å². The highest BCUT2D eigenvalue weighted by Gasteiger charge is 2.06. The Kier molecular flexibility index (Phi) is 4.70. The summed E-state index contributed by atoms with van der Waals surface area (Å²) in [5.74, 6) is -0.593. The average molecular weight is 216 g/mol. The second-order valence-electron chi connectivity index (χ2n) is 2.68. The molecule has 0 N–H and O–H groups in total. The molecule has 5 heteroatoms. The van der Waals surface area contributed by atoms with Gasteiger partial charge in [0.2, 0.25) is 0 Å². The number of halogens is 2. The first-order chi connectivity index (χ1) is 7.20. The Hall–Kier alpha value is -1.49. The molecule has 0 amide bonds. The van der Waals surface area contributed by atoms with Crippen LogP contribution in [-0.4, -0.2) is 25.8 Å². The van der Waals surface area contributed by atoms with Crippen molar-refractivity contribution in [1.29, 1.82) is 0 Å². The van der Waals surface area contributed by atoms with E-state index in [-0.39, 0.29) is 0 Å². The number of carbonyl (C=O) groups is 1. The fourth-order valence-electron chi connectivity index (χ4n) is 0.890. The van der Waals surface area contributed by atoms with Gasteiger partial charge in [-0.05, 0) is 12.1 Å². The zero-order valence-electron chi connectivity index (χ0n) is 7.86. The molecule has 0 heterocycles. The van der Waals surface area contributed by atoms with Gasteiger partial charge in [0.15, 0.2) is 6.79 Å². The summed E-state index contributed by atoms with van der Waals surface area (Å²) in [6.45, 7) is -1.19. The molecule has 0 aromatic heterocycles. The third kappa shape index (κ3) is 4.51. The fourth-order valence-corrected chi connectivity index (χ4v) is 0.890. The van der Waals surface area contributed by atoms with E-state index in [2.05, 4.69) is 9.47 Å². The van der Waals surface area contributed by atoms with Crippen molar-refractivity contribution < 1.29 is 23.0 Å². The summed E-state index contributed by atoms with van der Waals surface area (Å²) in [6.07, 6.45) is -2.56. The number of esters is 1. The molecule has 1 aromatic carbocycles. The largest absolute Gasteiger partial charge is 0.435 e. The molecule has 0 saturated carbocycles. The van der Waals surface area contributed by atoms with Gasteiger partial charge in [0, 0.05) is 0 Å². The average Bonchev–Trinajstić information content (AvgIpc) is 2.25. The predicted molar refractivity (Wildman–Crippen MR) is 48.7 cm³/mol. The van der Waals surface area contributed by atoms with Crippen LogP contribution in [-0.2, 0) is 9.47 Å². The van der Waals surface area contributed by atoms with Gasteiger partial charge in [0.05, 0.1) is 5.56 Å². The summed E-state index contributed by atoms with van der Waals surface area (Å²) in [6, 6.07) is 8.24. The summed E-state index contributed by atoms with van der Waals surface area (Å²) < 4.78 is 32.2. The molecule has 0 spiro atoms. The molecule has 0 radical (unpaired) electrons. The van der Waals surface area contributed by atoms with Gasteiger partial charge in [-0.1, -0.05) is 18.2 Å². The van der Waals surface area contributed by atoms with Crippen molar-refractivity contribution in [1.82, 2.24) is 0 Å². The minimum atomic E-state index is -2.56. The Labute approximate surface area is 85.6 Å². The Balaban J connectivity index is 2.25. The first kappa shape index (κ1) is 11.6. The van der Waals surface area contributed by atoms with Gasteiger partial charge >= 0.3 is 5.97 Å². The number of carbonyl (C=O) groups excluding carboxylic acids is 1. The normalized spacial score (nSPS) is 10.3. The lowest BCUT2D eigenvalue weighted by atomic mass is 10.2. The van der Waals surface area contributed by atoms with Crippen LogP contribution in [0.5, 0.6) is 0 Å². The quantitative estimate of drug-likeness (QED) is 0.429. The molecule has 0 aliphatic rings. The zero-order chi connectivity index (χ0) is 11.1. The minimum Gasteiger partial charge on any atom is -0.435 e. The second kappa shape index (κ2) is 6.08. The van der Waals surface area contributed by atoms with E-state index in [1.807, 2.05) is 0 Å². The number of hydrogen-bond donors (Lipinski definition) is 0. The SMILES string of the molecule is O=C(OCOCC(F)F)c1ccccc1. The van der Waals surface area contributed by atoms with Crippen molar-refractivity contribution >= 4 is 5.97 Å². The van der Waals surface area contributed by atoms with E-state index in [1.165, 1.54) is 0 Å². The molecule has 1 rings (SSSR count). The van der Waals surface area contributed by atoms with E-state index in [4.69, 9.17) is 0 Å². The monoisotopic (exact) mass is 216 g/mol. The molecule has 15 heavy (non-hydrogen) atoms. The van der Waals surface area contributed by atoms with Crippen LogP contribution in [0.4, 0.5) is 8.78 Å². The van der Waals surface area contributed by atoms with Crippen molar-refractivity contribution in [3.63, 3.8) is 0 Å². The number of benzene rings is 1. The van der Waals surface area contributed by atoms with Crippen molar-refractivity contribution in [2.75, 3.05) is 13.4 Å². The van der Waals surface area contributed by atoms with E-state index in [9.17, 15) is 13.6 Å². The Morgan fingerprint density at radius 3 is 2.53 bits per heavy atom. The lowest BCUT2D eigenvalue weighted by molar-refractivity contribution is -0.0651. The van der Waals surface area contributed by atoms with E-state index < -0.39 is 25.8 Å². The minimum absolute atomic E-state index is 0.359. The first-order valence-corrected chi connectivity index (χ1v) is 4.28. The summed E-state index contributed by atoms with van der Waals surface area (Å²) in [4.78, 5) is 11.2. The highest BCUT2D eigenvalue weighted by molar-refractivity contribution is 5.89. The Bertz CT molecular complexity index is 301. The van der Waals surface area contributed by atoms with Crippen molar-refractivity contribution in [2.45, 2.75) is 6.43 Å². The lowest BCUT2D eigenvalue weighted by Crippen LogP contribution is -2.12. The number of rotatable bonds is 5. The lowest BCUT2D eigenvalue weighted by Gasteiger charge is -2.05. The first-order valence-electron chi connectivity index (χ1n) is 4.28. The third-order valence-electron chi connectivity index (χ3n) is 1.53. The molecule has 0 aliphatic heterocycles. The molecule has 82 valence electrons. The van der Waals surface area contributed by atoms with Crippen LogP contribution in [0.25, 0.3) is 0 Å². The highest BCUT2D eigenvalue weighted by Crippen LogP contribution is 2.01. The summed E-state index contributed by atoms with van der Waals surface area (Å²) >= 11 is 0. The van der Waals surface area contributed by atoms with Crippen LogP contribution in [0.15, 0.2) is 30.3 Å². The number of alkyl halides is 2. The van der Waals surface area contributed by atoms with Gasteiger partial charge in [-0.3, -0.25) is 0 Å². The molecular formula is C10H10F2O3. The molecule has 1 aromatic rings. The summed E-state index contributed by atoms with van der Waals surface area (Å²) in [7, 11) is 0. The summed E-state index contributed by atoms with van der Waals surface area (Å²) in [5.41, 5.74) is 0.359. The molecule has 0 bridgehead atoms. The maximum Gasteiger partial charge on any atom is 0.340 e. The molecule has 0 saturated heterocycles. The topological polar surface area (TPSA) is 35.5 Å². The van der Waals surface area contributed by atoms with E-state index >= 15 is 0 Å². The van der Waals surface area contributed by atoms with Gasteiger partial charge in [-0.15, -0.1) is 0 Å². The van der Waals surface area contributed by atoms with Crippen molar-refractivity contribution in [2.24, 2.45) is 0 Å². The smallest absolute Gasteiger partial charge is 0.340 e. The number of ether oxygens (including phenoxy) is 2. The van der Waals surface area contributed by atoms with E-state index in [1.54, 1.807) is 30.3 Å². The second-order valence-corrected chi connectivity index (χ2v) is 2.68. The Morgan fingerprint density at radius 2 is 1.93 bits per heavy atom. The Morgan fingerprint density at radius 1 is 1.27 bits per heavy atom. The molecule has 0 unspecified atom stereocenters. The molecule has 0 aliphatic carbocycles. The van der Waals surface area contributed by atoms with Crippen LogP contribution >= 0.6 is 0 Å². The van der Waals surface area contributed by atoms with Crippen LogP contribution in [0.1, 0.15) is 10.4 Å². The molecule has 3 nitrogen and oxygen atoms in total. The maximum absolute atomic E-state index is 11.6. The predicted octanol–water partition coefficient (Wildman–Crippen LogP) is 2.08. The van der Waals surface area contributed by atoms with Gasteiger partial charge < -0.3 is 9.47 Å². The van der Waals surface area contributed by atoms with Gasteiger partial charge in [-0.2, -0.15) is 0 Å². The van der Waals surface area contributed by atoms with Gasteiger partial charge in [0.1, 0.15) is 6.61 Å². The van der Waals surface area contributed by atoms with E-state index in [0.29, 0.717) is 5.56 Å². The van der Waals surface area contributed by atoms with Crippen LogP contribution in [0.2, 0.25) is 0 Å². The van der Waals surface area contributed by atoms with Gasteiger partial charge in [-0.25, -0.2) is 13.6 Å². The summed E-state index contributed by atoms with van der Waals surface area (Å²) in [5, 5.41) is 0. The molecular weight excluding hydrogens is 206 g/mol. The fraction of sp³-hybridized carbons (Fsp3) is 0.300. The standard InChI is InChI=1S/C10H10F2O3/c11-9(12)6-14-7-15-10(13)8-4-2-1-3-5-8/h1-5,9H,6-7H2. The van der Waals surface area contributed by atoms with Gasteiger partial charge in [0.25, 0.3) is 6.43 Å². The van der Waals surface area contributed by atoms with Crippen molar-refractivity contribution in [3.05, 3.63) is 35.9 Å². The highest BCUT2D eigenvalue weighted by atomic mass is 19.3. The van der Waals surface area contributed by atoms with Crippen LogP contribution < -0.4 is 0 Å². The number of hydrogen-bond acceptors (Lipinski definition) is 3. The maximum atomic E-state index is 11.6. The molecule has 0 fully saturated rings. The zero-order valence-corrected chi connectivity index (χ0v) is 7.86. The molecule has 0 atom stereocenters. The third-order valence-corrected chi connectivity index (χ3v) is 1.53. The van der Waals surface area contributed by atoms with Crippen LogP contribution in [0, 0.1) is 0 Å². The van der Waals surface area contributed by atoms with Crippen molar-refractivity contribution in [3.8, 4) is 0 Å².